The first kappa shape index (κ1) is 19.0. The van der Waals surface area contributed by atoms with E-state index in [9.17, 15) is 4.79 Å². The number of carboxylic acids is 1. The Hall–Kier alpha value is -1.35. The number of benzene rings is 1. The van der Waals surface area contributed by atoms with E-state index in [1.807, 2.05) is 6.07 Å². The Morgan fingerprint density at radius 3 is 2.62 bits per heavy atom. The van der Waals surface area contributed by atoms with Crippen LogP contribution < -0.4 is 5.32 Å². The minimum Gasteiger partial charge on any atom is -0.481 e. The average Bonchev–Trinajstić information content (AvgIpc) is 2.99. The average molecular weight is 332 g/mol. The molecule has 1 saturated carbocycles. The van der Waals surface area contributed by atoms with E-state index >= 15 is 0 Å². The second kappa shape index (κ2) is 9.83. The van der Waals surface area contributed by atoms with Gasteiger partial charge in [-0.3, -0.25) is 4.79 Å². The summed E-state index contributed by atoms with van der Waals surface area (Å²) >= 11 is 0. The van der Waals surface area contributed by atoms with E-state index in [1.165, 1.54) is 37.7 Å². The van der Waals surface area contributed by atoms with Crippen molar-refractivity contribution in [2.75, 3.05) is 0 Å². The fourth-order valence-corrected chi connectivity index (χ4v) is 3.83. The number of carboxylic acid groups (broad SMARTS) is 1. The van der Waals surface area contributed by atoms with Gasteiger partial charge in [0.15, 0.2) is 0 Å². The molecule has 2 rings (SSSR count). The molecule has 1 aliphatic rings. The summed E-state index contributed by atoms with van der Waals surface area (Å²) in [6.07, 6.45) is 8.35. The summed E-state index contributed by atoms with van der Waals surface area (Å²) in [6.45, 7) is 4.60. The van der Waals surface area contributed by atoms with Gasteiger partial charge < -0.3 is 10.4 Å². The smallest absolute Gasteiger partial charge is 0.303 e. The molecule has 1 aliphatic carbocycles. The van der Waals surface area contributed by atoms with Crippen LogP contribution in [-0.2, 0) is 11.2 Å². The lowest BCUT2D eigenvalue weighted by Crippen LogP contribution is -2.38. The lowest BCUT2D eigenvalue weighted by molar-refractivity contribution is -0.137. The number of nitrogens with one attached hydrogen (secondary N) is 1. The molecular formula is C21H33NO2. The van der Waals surface area contributed by atoms with E-state index in [0.717, 1.165) is 18.3 Å². The van der Waals surface area contributed by atoms with E-state index in [1.54, 1.807) is 0 Å². The van der Waals surface area contributed by atoms with Gasteiger partial charge in [-0.2, -0.15) is 0 Å². The minimum atomic E-state index is -0.698. The Bertz CT molecular complexity index is 486. The first-order valence-electron chi connectivity index (χ1n) is 9.54. The Morgan fingerprint density at radius 2 is 1.96 bits per heavy atom. The third-order valence-corrected chi connectivity index (χ3v) is 5.20. The van der Waals surface area contributed by atoms with Crippen molar-refractivity contribution in [1.82, 2.24) is 5.32 Å². The fraction of sp³-hybridized carbons (Fsp3) is 0.667. The largest absolute Gasteiger partial charge is 0.481 e. The number of hydrogen-bond acceptors (Lipinski definition) is 2. The molecule has 0 aromatic heterocycles. The van der Waals surface area contributed by atoms with E-state index in [4.69, 9.17) is 5.11 Å². The lowest BCUT2D eigenvalue weighted by atomic mass is 9.96. The van der Waals surface area contributed by atoms with Gasteiger partial charge in [-0.25, -0.2) is 0 Å². The van der Waals surface area contributed by atoms with Gasteiger partial charge in [-0.05, 0) is 49.5 Å². The van der Waals surface area contributed by atoms with Crippen LogP contribution in [0.3, 0.4) is 0 Å². The number of carbonyl (C=O) groups is 1. The summed E-state index contributed by atoms with van der Waals surface area (Å²) < 4.78 is 0. The molecule has 1 aromatic carbocycles. The topological polar surface area (TPSA) is 49.3 Å². The minimum absolute atomic E-state index is 0.244. The molecule has 0 saturated heterocycles. The highest BCUT2D eigenvalue weighted by atomic mass is 16.4. The Kier molecular flexibility index (Phi) is 7.77. The van der Waals surface area contributed by atoms with Crippen molar-refractivity contribution < 1.29 is 9.90 Å². The van der Waals surface area contributed by atoms with Crippen molar-refractivity contribution in [3.63, 3.8) is 0 Å². The van der Waals surface area contributed by atoms with Crippen LogP contribution in [0.5, 0.6) is 0 Å². The molecule has 1 aromatic rings. The predicted molar refractivity (Wildman–Crippen MR) is 99.1 cm³/mol. The molecule has 2 N–H and O–H groups in total. The van der Waals surface area contributed by atoms with Crippen LogP contribution in [-0.4, -0.2) is 23.2 Å². The summed E-state index contributed by atoms with van der Waals surface area (Å²) in [5, 5.41) is 12.8. The zero-order valence-electron chi connectivity index (χ0n) is 15.2. The first-order valence-corrected chi connectivity index (χ1v) is 9.54. The first-order chi connectivity index (χ1) is 11.5. The van der Waals surface area contributed by atoms with Gasteiger partial charge in [0.1, 0.15) is 0 Å². The molecule has 0 heterocycles. The molecule has 24 heavy (non-hydrogen) atoms. The van der Waals surface area contributed by atoms with Crippen molar-refractivity contribution in [3.8, 4) is 0 Å². The fourth-order valence-electron chi connectivity index (χ4n) is 3.83. The zero-order chi connectivity index (χ0) is 17.4. The monoisotopic (exact) mass is 331 g/mol. The molecule has 3 unspecified atom stereocenters. The number of rotatable bonds is 10. The summed E-state index contributed by atoms with van der Waals surface area (Å²) in [4.78, 5) is 11.0. The van der Waals surface area contributed by atoms with E-state index < -0.39 is 5.97 Å². The Labute approximate surface area is 146 Å². The van der Waals surface area contributed by atoms with Crippen molar-refractivity contribution in [2.45, 2.75) is 77.3 Å². The summed E-state index contributed by atoms with van der Waals surface area (Å²) in [5.41, 5.74) is 1.29. The maximum Gasteiger partial charge on any atom is 0.303 e. The van der Waals surface area contributed by atoms with Gasteiger partial charge in [0.2, 0.25) is 0 Å². The SMILES string of the molecule is CC(C)CCC1CCC(NC(CCC(=O)O)Cc2ccccc2)C1. The van der Waals surface area contributed by atoms with Gasteiger partial charge in [-0.1, -0.05) is 57.0 Å². The van der Waals surface area contributed by atoms with Crippen LogP contribution in [0, 0.1) is 11.8 Å². The third-order valence-electron chi connectivity index (χ3n) is 5.20. The summed E-state index contributed by atoms with van der Waals surface area (Å²) in [7, 11) is 0. The molecule has 0 spiro atoms. The maximum absolute atomic E-state index is 11.0. The van der Waals surface area contributed by atoms with Crippen molar-refractivity contribution in [3.05, 3.63) is 35.9 Å². The molecule has 0 amide bonds. The molecule has 1 fully saturated rings. The maximum atomic E-state index is 11.0. The van der Waals surface area contributed by atoms with E-state index in [2.05, 4.69) is 43.4 Å². The lowest BCUT2D eigenvalue weighted by Gasteiger charge is -2.23. The van der Waals surface area contributed by atoms with Crippen LogP contribution in [0.15, 0.2) is 30.3 Å². The van der Waals surface area contributed by atoms with Crippen LogP contribution in [0.2, 0.25) is 0 Å². The van der Waals surface area contributed by atoms with Gasteiger partial charge in [0, 0.05) is 18.5 Å². The van der Waals surface area contributed by atoms with Crippen LogP contribution in [0.1, 0.15) is 64.4 Å². The highest BCUT2D eigenvalue weighted by Gasteiger charge is 2.26. The van der Waals surface area contributed by atoms with Crippen molar-refractivity contribution in [2.24, 2.45) is 11.8 Å². The molecule has 0 radical (unpaired) electrons. The third kappa shape index (κ3) is 7.04. The second-order valence-electron chi connectivity index (χ2n) is 7.83. The molecule has 3 nitrogen and oxygen atoms in total. The van der Waals surface area contributed by atoms with Crippen LogP contribution in [0.4, 0.5) is 0 Å². The summed E-state index contributed by atoms with van der Waals surface area (Å²) in [5.74, 6) is 0.941. The Balaban J connectivity index is 1.84. The van der Waals surface area contributed by atoms with Crippen LogP contribution in [0.25, 0.3) is 0 Å². The normalized spacial score (nSPS) is 22.0. The van der Waals surface area contributed by atoms with E-state index in [-0.39, 0.29) is 12.5 Å². The number of aliphatic carboxylic acids is 1. The quantitative estimate of drug-likeness (QED) is 0.656. The molecule has 134 valence electrons. The number of hydrogen-bond donors (Lipinski definition) is 2. The van der Waals surface area contributed by atoms with Gasteiger partial charge in [0.05, 0.1) is 0 Å². The zero-order valence-corrected chi connectivity index (χ0v) is 15.2. The highest BCUT2D eigenvalue weighted by molar-refractivity contribution is 5.66. The van der Waals surface area contributed by atoms with Crippen molar-refractivity contribution >= 4 is 5.97 Å². The Morgan fingerprint density at radius 1 is 1.21 bits per heavy atom. The summed E-state index contributed by atoms with van der Waals surface area (Å²) in [6, 6.07) is 11.2. The predicted octanol–water partition coefficient (Wildman–Crippen LogP) is 4.66. The molecule has 0 aliphatic heterocycles. The standard InChI is InChI=1S/C21H33NO2/c1-16(2)8-9-18-10-11-19(15-18)22-20(12-13-21(23)24)14-17-6-4-3-5-7-17/h3-7,16,18-20,22H,8-15H2,1-2H3,(H,23,24). The molecule has 3 heteroatoms. The molecular weight excluding hydrogens is 298 g/mol. The van der Waals surface area contributed by atoms with Gasteiger partial charge >= 0.3 is 5.97 Å². The van der Waals surface area contributed by atoms with Gasteiger partial charge in [-0.15, -0.1) is 0 Å². The van der Waals surface area contributed by atoms with E-state index in [0.29, 0.717) is 12.5 Å². The van der Waals surface area contributed by atoms with Crippen LogP contribution >= 0.6 is 0 Å². The molecule has 0 bridgehead atoms. The van der Waals surface area contributed by atoms with Gasteiger partial charge in [0.25, 0.3) is 0 Å². The van der Waals surface area contributed by atoms with Crippen molar-refractivity contribution in [1.29, 1.82) is 0 Å². The molecule has 3 atom stereocenters. The second-order valence-corrected chi connectivity index (χ2v) is 7.83. The highest BCUT2D eigenvalue weighted by Crippen LogP contribution is 2.31.